The third kappa shape index (κ3) is 53.0. The number of carbonyl (C=O) groups is 16. The SMILES string of the molecule is C#CCCC(=O)NC(COCCC(=O)NCCCNC(=O)CCCCO[C@H]1O[C@H](CCP(=O)(O)O)[C@@H](OC(C)=O)[C@H](OC(C)=O)[C@@H]1OC(C)=O)(COCCC(=O)NCCCNC(=O)CCCCO[C@H]1O[C@H](CCP(=O)(O)O)[C@@H](OC(C)=O)[C@H](OC(C)=O)[C@@H]1OC(C)=O)COCCC(=O)NCCCNC(=O)CCCCO[C@H]1O[C@H](CCP(=O)(O)O)[C@@H](OC(C)=O)[C@H](OC(C)=O)[C@@H]1OC(C)=O. The molecule has 3 aliphatic heterocycles. The molecule has 0 bridgehead atoms. The number of ether oxygens (including phenoxy) is 18. The fourth-order valence-corrected chi connectivity index (χ4v) is 15.3. The fourth-order valence-electron chi connectivity index (χ4n) is 13.5. The maximum absolute atomic E-state index is 13.5. The molecule has 7 amide bonds. The van der Waals surface area contributed by atoms with Crippen LogP contribution in [0.1, 0.15) is 191 Å². The van der Waals surface area contributed by atoms with E-state index >= 15 is 0 Å². The van der Waals surface area contributed by atoms with E-state index < -0.39 is 216 Å². The predicted octanol–water partition coefficient (Wildman–Crippen LogP) is -0.834. The average Bonchev–Trinajstić information content (AvgIpc) is 0.792. The van der Waals surface area contributed by atoms with Crippen molar-refractivity contribution in [2.45, 2.75) is 288 Å². The van der Waals surface area contributed by atoms with Crippen LogP contribution in [0, 0.1) is 12.3 Å². The molecular weight excluding hydrogens is 1850 g/mol. The lowest BCUT2D eigenvalue weighted by atomic mass is 9.96. The van der Waals surface area contributed by atoms with Crippen LogP contribution in [0.2, 0.25) is 0 Å². The van der Waals surface area contributed by atoms with Crippen LogP contribution in [0.4, 0.5) is 0 Å². The molecule has 134 heavy (non-hydrogen) atoms. The van der Waals surface area contributed by atoms with Crippen LogP contribution in [0.3, 0.4) is 0 Å². The molecule has 3 heterocycles. The lowest BCUT2D eigenvalue weighted by Crippen LogP contribution is -2.62. The molecule has 50 nitrogen and oxygen atoms in total. The Kier molecular flexibility index (Phi) is 56.6. The molecule has 0 unspecified atom stereocenters. The van der Waals surface area contributed by atoms with Crippen LogP contribution >= 0.6 is 22.8 Å². The van der Waals surface area contributed by atoms with Gasteiger partial charge in [0, 0.05) is 173 Å². The van der Waals surface area contributed by atoms with Gasteiger partial charge in [-0.05, 0) is 77.0 Å². The number of hydrogen-bond acceptors (Lipinski definition) is 37. The van der Waals surface area contributed by atoms with Gasteiger partial charge in [0.2, 0.25) is 41.4 Å². The predicted molar refractivity (Wildman–Crippen MR) is 457 cm³/mol. The maximum atomic E-state index is 13.5. The van der Waals surface area contributed by atoms with Crippen molar-refractivity contribution in [1.29, 1.82) is 0 Å². The summed E-state index contributed by atoms with van der Waals surface area (Å²) >= 11 is 0. The molecule has 0 radical (unpaired) electrons. The number of nitrogens with one attached hydrogen (secondary N) is 7. The Labute approximate surface area is 775 Å². The second-order valence-corrected chi connectivity index (χ2v) is 36.7. The number of rotatable bonds is 66. The van der Waals surface area contributed by atoms with Crippen molar-refractivity contribution < 1.29 is 205 Å². The number of hydrogen-bond donors (Lipinski definition) is 13. The highest BCUT2D eigenvalue weighted by Crippen LogP contribution is 2.42. The topological polar surface area (TPSA) is 696 Å². The highest BCUT2D eigenvalue weighted by atomic mass is 31.2. The summed E-state index contributed by atoms with van der Waals surface area (Å²) in [5, 5.41) is 19.3. The first kappa shape index (κ1) is 119. The minimum Gasteiger partial charge on any atom is -0.456 e. The average molecular weight is 1980 g/mol. The molecule has 3 fully saturated rings. The van der Waals surface area contributed by atoms with Crippen LogP contribution in [0.25, 0.3) is 0 Å². The summed E-state index contributed by atoms with van der Waals surface area (Å²) in [4.78, 5) is 258. The van der Waals surface area contributed by atoms with Crippen molar-refractivity contribution in [3.8, 4) is 12.3 Å². The fraction of sp³-hybridized carbons (Fsp3) is 0.778. The molecule has 13 N–H and O–H groups in total. The zero-order valence-electron chi connectivity index (χ0n) is 76.7. The molecular formula is C81H132N7O43P3. The minimum atomic E-state index is -4.61. The molecule has 3 aliphatic rings. The lowest BCUT2D eigenvalue weighted by Gasteiger charge is -2.44. The largest absolute Gasteiger partial charge is 0.456 e. The van der Waals surface area contributed by atoms with Crippen molar-refractivity contribution in [3.63, 3.8) is 0 Å². The Morgan fingerprint density at radius 2 is 0.522 bits per heavy atom. The van der Waals surface area contributed by atoms with Crippen molar-refractivity contribution in [2.75, 3.05) is 117 Å². The first-order chi connectivity index (χ1) is 63.1. The molecule has 3 saturated heterocycles. The number of unbranched alkanes of at least 4 members (excludes halogenated alkanes) is 3. The summed E-state index contributed by atoms with van der Waals surface area (Å²) in [6, 6.07) is 0. The third-order valence-corrected chi connectivity index (χ3v) is 21.8. The Morgan fingerprint density at radius 1 is 0.299 bits per heavy atom. The van der Waals surface area contributed by atoms with Gasteiger partial charge in [0.25, 0.3) is 0 Å². The monoisotopic (exact) mass is 1980 g/mol. The van der Waals surface area contributed by atoms with E-state index in [1.54, 1.807) is 0 Å². The molecule has 3 rings (SSSR count). The van der Waals surface area contributed by atoms with E-state index in [2.05, 4.69) is 43.1 Å². The number of esters is 9. The van der Waals surface area contributed by atoms with E-state index in [0.717, 1.165) is 62.3 Å². The molecule has 0 aliphatic carbocycles. The normalized spacial score (nSPS) is 21.8. The molecule has 0 spiro atoms. The Morgan fingerprint density at radius 3 is 0.746 bits per heavy atom. The standard InChI is InChI=1S/C81H132N7O43P3/c1-11-12-22-68(104)88-81(47-114-41-26-65(101)85-35-19-32-82-62(98)23-13-16-38-117-78-75(126-56(8)95)72(123-53(5)92)69(120-50(2)89)59(129-78)29-44-132(105,106)107,48-115-42-27-66(102)86-36-20-33-83-63(99)24-14-17-39-118-79-76(127-57(9)96)73(124-54(6)93)70(121-51(3)90)60(130-79)30-45-133(108,109)110)49-116-43-28-67(103)87-37-21-34-84-64(100)25-15-18-40-119-80-77(128-58(10)97)74(125-55(7)94)71(122-52(4)91)61(131-80)31-46-134(111,112)113/h1,59-61,69-80H,12-49H2,2-10H3,(H,82,98)(H,83,99)(H,84,100)(H,85,101)(H,86,102)(H,87,103)(H,88,104)(H2,105,106,107)(H2,108,109,110)(H2,111,112,113)/t59-,60-,61-,69-,70-,71-,72+,73+,74+,75+,76+,77+,78+,79+,80+/m1/s1. The van der Waals surface area contributed by atoms with Gasteiger partial charge in [0.1, 0.15) is 23.9 Å². The van der Waals surface area contributed by atoms with E-state index in [4.69, 9.17) is 91.7 Å². The van der Waals surface area contributed by atoms with Crippen LogP contribution in [-0.4, -0.2) is 339 Å². The van der Waals surface area contributed by atoms with Gasteiger partial charge in [-0.1, -0.05) is 0 Å². The van der Waals surface area contributed by atoms with Gasteiger partial charge in [0.05, 0.1) is 58.1 Å². The highest BCUT2D eigenvalue weighted by molar-refractivity contribution is 7.52. The van der Waals surface area contributed by atoms with Crippen molar-refractivity contribution >= 4 is 118 Å². The van der Waals surface area contributed by atoms with Gasteiger partial charge in [-0.3, -0.25) is 90.4 Å². The number of amides is 7. The smallest absolute Gasteiger partial charge is 0.325 e. The summed E-state index contributed by atoms with van der Waals surface area (Å²) in [7, 11) is -13.8. The van der Waals surface area contributed by atoms with Gasteiger partial charge in [0.15, 0.2) is 73.8 Å². The molecule has 15 atom stereocenters. The summed E-state index contributed by atoms with van der Waals surface area (Å²) in [6.45, 7) is 8.17. The van der Waals surface area contributed by atoms with Crippen molar-refractivity contribution in [3.05, 3.63) is 0 Å². The molecule has 0 aromatic rings. The molecule has 764 valence electrons. The van der Waals surface area contributed by atoms with E-state index in [1.807, 2.05) is 0 Å². The van der Waals surface area contributed by atoms with Crippen LogP contribution in [0.5, 0.6) is 0 Å². The molecule has 0 aromatic heterocycles. The zero-order valence-corrected chi connectivity index (χ0v) is 79.4. The molecule has 0 aromatic carbocycles. The van der Waals surface area contributed by atoms with Gasteiger partial charge < -0.3 is 152 Å². The van der Waals surface area contributed by atoms with Gasteiger partial charge in [-0.2, -0.15) is 0 Å². The summed E-state index contributed by atoms with van der Waals surface area (Å²) in [5.41, 5.74) is -1.54. The number of terminal acetylenes is 1. The summed E-state index contributed by atoms with van der Waals surface area (Å²) < 4.78 is 137. The van der Waals surface area contributed by atoms with Crippen LogP contribution in [0.15, 0.2) is 0 Å². The highest BCUT2D eigenvalue weighted by Gasteiger charge is 2.56. The van der Waals surface area contributed by atoms with E-state index in [0.29, 0.717) is 19.3 Å². The lowest BCUT2D eigenvalue weighted by molar-refractivity contribution is -0.304. The first-order valence-electron chi connectivity index (χ1n) is 43.7. The van der Waals surface area contributed by atoms with Crippen molar-refractivity contribution in [1.82, 2.24) is 37.2 Å². The van der Waals surface area contributed by atoms with Crippen LogP contribution < -0.4 is 37.2 Å². The minimum absolute atomic E-state index is 0.0134. The quantitative estimate of drug-likeness (QED) is 0.0116. The zero-order chi connectivity index (χ0) is 100. The Hall–Kier alpha value is -8.83. The van der Waals surface area contributed by atoms with E-state index in [9.17, 15) is 120 Å². The van der Waals surface area contributed by atoms with Crippen LogP contribution in [-0.2, 0) is 176 Å². The molecule has 0 saturated carbocycles. The second-order valence-electron chi connectivity index (χ2n) is 31.4. The van der Waals surface area contributed by atoms with E-state index in [1.165, 1.54) is 0 Å². The van der Waals surface area contributed by atoms with Crippen molar-refractivity contribution in [2.24, 2.45) is 0 Å². The van der Waals surface area contributed by atoms with Gasteiger partial charge in [-0.25, -0.2) is 0 Å². The third-order valence-electron chi connectivity index (χ3n) is 19.3. The Balaban J connectivity index is 1.59. The summed E-state index contributed by atoms with van der Waals surface area (Å²) in [5.74, 6) is -8.36. The van der Waals surface area contributed by atoms with Gasteiger partial charge >= 0.3 is 76.5 Å². The maximum Gasteiger partial charge on any atom is 0.325 e. The first-order valence-corrected chi connectivity index (χ1v) is 49.1. The van der Waals surface area contributed by atoms with Gasteiger partial charge in [-0.15, -0.1) is 12.3 Å². The Bertz CT molecular complexity index is 3610. The number of carbonyl (C=O) groups excluding carboxylic acids is 16. The molecule has 53 heteroatoms. The second kappa shape index (κ2) is 63.5. The summed E-state index contributed by atoms with van der Waals surface area (Å²) in [6.07, 6.45) is -17.8. The van der Waals surface area contributed by atoms with E-state index in [-0.39, 0.29) is 226 Å².